The fourth-order valence-corrected chi connectivity index (χ4v) is 4.32. The summed E-state index contributed by atoms with van der Waals surface area (Å²) in [6.45, 7) is 15.5. The zero-order chi connectivity index (χ0) is 19.2. The lowest BCUT2D eigenvalue weighted by Gasteiger charge is -2.39. The molecule has 3 unspecified atom stereocenters. The zero-order valence-corrected chi connectivity index (χ0v) is 17.6. The molecule has 6 nitrogen and oxygen atoms in total. The number of nitrogens with one attached hydrogen (secondary N) is 1. The zero-order valence-electron chi connectivity index (χ0n) is 17.6. The van der Waals surface area contributed by atoms with Gasteiger partial charge in [-0.05, 0) is 58.0 Å². The maximum absolute atomic E-state index is 5.04. The summed E-state index contributed by atoms with van der Waals surface area (Å²) in [5.74, 6) is 2.61. The Labute approximate surface area is 165 Å². The Kier molecular flexibility index (Phi) is 7.16. The molecule has 0 amide bonds. The van der Waals surface area contributed by atoms with E-state index in [4.69, 9.17) is 4.99 Å². The first kappa shape index (κ1) is 20.2. The maximum atomic E-state index is 5.04. The number of rotatable bonds is 5. The summed E-state index contributed by atoms with van der Waals surface area (Å²) in [6, 6.07) is 0.977. The van der Waals surface area contributed by atoms with Gasteiger partial charge in [0.1, 0.15) is 0 Å². The first-order valence-corrected chi connectivity index (χ1v) is 10.8. The van der Waals surface area contributed by atoms with Crippen LogP contribution < -0.4 is 5.32 Å². The molecule has 27 heavy (non-hydrogen) atoms. The highest BCUT2D eigenvalue weighted by atomic mass is 15.3. The van der Waals surface area contributed by atoms with Crippen LogP contribution in [0.2, 0.25) is 0 Å². The smallest absolute Gasteiger partial charge is 0.194 e. The van der Waals surface area contributed by atoms with E-state index in [2.05, 4.69) is 58.6 Å². The van der Waals surface area contributed by atoms with E-state index >= 15 is 0 Å². The summed E-state index contributed by atoms with van der Waals surface area (Å²) in [5.41, 5.74) is 0. The number of aliphatic imine (C=N–C) groups is 1. The molecule has 3 heterocycles. The Morgan fingerprint density at radius 2 is 2.00 bits per heavy atom. The second kappa shape index (κ2) is 9.58. The molecule has 3 atom stereocenters. The molecule has 3 rings (SSSR count). The quantitative estimate of drug-likeness (QED) is 0.636. The minimum atomic E-state index is 0.464. The summed E-state index contributed by atoms with van der Waals surface area (Å²) in [5, 5.41) is 3.53. The lowest BCUT2D eigenvalue weighted by atomic mass is 9.93. The molecule has 1 N–H and O–H groups in total. The monoisotopic (exact) mass is 374 g/mol. The van der Waals surface area contributed by atoms with Gasteiger partial charge in [0.05, 0.1) is 18.9 Å². The highest BCUT2D eigenvalue weighted by Crippen LogP contribution is 2.27. The van der Waals surface area contributed by atoms with Crippen molar-refractivity contribution in [2.75, 3.05) is 39.3 Å². The molecule has 2 aliphatic rings. The number of likely N-dealkylation sites (tertiary alicyclic amines) is 2. The molecule has 1 aromatic rings. The number of guanidine groups is 1. The average Bonchev–Trinajstić information content (AvgIpc) is 3.20. The van der Waals surface area contributed by atoms with Gasteiger partial charge in [0.2, 0.25) is 0 Å². The molecule has 2 saturated heterocycles. The van der Waals surface area contributed by atoms with Crippen LogP contribution in [0.5, 0.6) is 0 Å². The number of aromatic nitrogens is 2. The van der Waals surface area contributed by atoms with Crippen molar-refractivity contribution >= 4 is 5.96 Å². The van der Waals surface area contributed by atoms with E-state index < -0.39 is 0 Å². The van der Waals surface area contributed by atoms with E-state index in [0.29, 0.717) is 18.0 Å². The van der Waals surface area contributed by atoms with Gasteiger partial charge in [0.15, 0.2) is 5.96 Å². The van der Waals surface area contributed by atoms with Gasteiger partial charge in [-0.15, -0.1) is 0 Å². The van der Waals surface area contributed by atoms with Crippen molar-refractivity contribution in [3.8, 4) is 0 Å². The Morgan fingerprint density at radius 1 is 1.22 bits per heavy atom. The Bertz CT molecular complexity index is 576. The van der Waals surface area contributed by atoms with Crippen molar-refractivity contribution in [1.29, 1.82) is 0 Å². The fraction of sp³-hybridized carbons (Fsp3) is 0.810. The number of hydrogen-bond donors (Lipinski definition) is 1. The number of nitrogens with zero attached hydrogens (tertiary/aromatic N) is 5. The van der Waals surface area contributed by atoms with Gasteiger partial charge in [-0.3, -0.25) is 9.89 Å². The van der Waals surface area contributed by atoms with Crippen molar-refractivity contribution in [3.63, 3.8) is 0 Å². The van der Waals surface area contributed by atoms with Crippen LogP contribution in [0.1, 0.15) is 53.0 Å². The first-order valence-electron chi connectivity index (χ1n) is 10.8. The predicted octanol–water partition coefficient (Wildman–Crippen LogP) is 2.85. The molecule has 0 bridgehead atoms. The van der Waals surface area contributed by atoms with Gasteiger partial charge >= 0.3 is 0 Å². The number of piperidine rings is 2. The highest BCUT2D eigenvalue weighted by molar-refractivity contribution is 5.80. The lowest BCUT2D eigenvalue weighted by molar-refractivity contribution is 0.149. The minimum Gasteiger partial charge on any atom is -0.357 e. The van der Waals surface area contributed by atoms with Gasteiger partial charge in [-0.25, -0.2) is 4.98 Å². The van der Waals surface area contributed by atoms with Crippen molar-refractivity contribution < 1.29 is 0 Å². The van der Waals surface area contributed by atoms with Gasteiger partial charge < -0.3 is 14.8 Å². The van der Waals surface area contributed by atoms with Crippen LogP contribution in [0.15, 0.2) is 23.7 Å². The van der Waals surface area contributed by atoms with Crippen molar-refractivity contribution in [2.45, 2.75) is 59.0 Å². The summed E-state index contributed by atoms with van der Waals surface area (Å²) in [4.78, 5) is 14.3. The summed E-state index contributed by atoms with van der Waals surface area (Å²) in [6.07, 6.45) is 9.76. The first-order chi connectivity index (χ1) is 13.1. The van der Waals surface area contributed by atoms with E-state index in [0.717, 1.165) is 38.1 Å². The molecule has 0 spiro atoms. The van der Waals surface area contributed by atoms with Crippen molar-refractivity contribution in [3.05, 3.63) is 18.7 Å². The lowest BCUT2D eigenvalue weighted by Crippen LogP contribution is -2.49. The third kappa shape index (κ3) is 5.24. The summed E-state index contributed by atoms with van der Waals surface area (Å²) < 4.78 is 2.26. The predicted molar refractivity (Wildman–Crippen MR) is 112 cm³/mol. The van der Waals surface area contributed by atoms with Crippen LogP contribution in [0.4, 0.5) is 0 Å². The number of hydrogen-bond acceptors (Lipinski definition) is 3. The minimum absolute atomic E-state index is 0.464. The van der Waals surface area contributed by atoms with Crippen LogP contribution in [0, 0.1) is 11.8 Å². The molecule has 0 radical (unpaired) electrons. The van der Waals surface area contributed by atoms with Gasteiger partial charge in [0.25, 0.3) is 0 Å². The molecule has 0 aromatic carbocycles. The SMILES string of the molecule is CCNC(=NCC(C)N1CCC(C)CC1)N1CCC(C)C(n2ccnc2)C1. The molecule has 6 heteroatoms. The van der Waals surface area contributed by atoms with E-state index in [1.807, 2.05) is 12.5 Å². The summed E-state index contributed by atoms with van der Waals surface area (Å²) in [7, 11) is 0. The Hall–Kier alpha value is -1.56. The van der Waals surface area contributed by atoms with Gasteiger partial charge in [-0.2, -0.15) is 0 Å². The fourth-order valence-electron chi connectivity index (χ4n) is 4.32. The standard InChI is InChI=1S/C21H38N6/c1-5-23-21(24-14-19(4)25-10-6-17(2)7-11-25)26-12-8-18(3)20(15-26)27-13-9-22-16-27/h9,13,16-20H,5-8,10-12,14-15H2,1-4H3,(H,23,24). The van der Waals surface area contributed by atoms with Gasteiger partial charge in [0, 0.05) is 38.1 Å². The summed E-state index contributed by atoms with van der Waals surface area (Å²) >= 11 is 0. The van der Waals surface area contributed by atoms with Crippen LogP contribution in [-0.2, 0) is 0 Å². The topological polar surface area (TPSA) is 48.7 Å². The largest absolute Gasteiger partial charge is 0.357 e. The van der Waals surface area contributed by atoms with E-state index in [1.54, 1.807) is 0 Å². The van der Waals surface area contributed by atoms with Crippen molar-refractivity contribution in [2.24, 2.45) is 16.8 Å². The van der Waals surface area contributed by atoms with Crippen LogP contribution in [-0.4, -0.2) is 70.6 Å². The van der Waals surface area contributed by atoms with Crippen molar-refractivity contribution in [1.82, 2.24) is 24.7 Å². The van der Waals surface area contributed by atoms with Crippen LogP contribution in [0.25, 0.3) is 0 Å². The maximum Gasteiger partial charge on any atom is 0.194 e. The second-order valence-electron chi connectivity index (χ2n) is 8.55. The molecule has 0 aliphatic carbocycles. The second-order valence-corrected chi connectivity index (χ2v) is 8.55. The van der Waals surface area contributed by atoms with Gasteiger partial charge in [-0.1, -0.05) is 13.8 Å². The molecule has 1 aromatic heterocycles. The third-order valence-electron chi connectivity index (χ3n) is 6.41. The van der Waals surface area contributed by atoms with Crippen LogP contribution >= 0.6 is 0 Å². The van der Waals surface area contributed by atoms with Crippen LogP contribution in [0.3, 0.4) is 0 Å². The molecule has 2 aliphatic heterocycles. The Balaban J connectivity index is 1.62. The molecular formula is C21H38N6. The normalized spacial score (nSPS) is 27.0. The van der Waals surface area contributed by atoms with E-state index in [1.165, 1.54) is 32.4 Å². The average molecular weight is 375 g/mol. The van der Waals surface area contributed by atoms with E-state index in [9.17, 15) is 0 Å². The Morgan fingerprint density at radius 3 is 2.67 bits per heavy atom. The molecule has 2 fully saturated rings. The molecule has 152 valence electrons. The molecular weight excluding hydrogens is 336 g/mol. The molecule has 0 saturated carbocycles. The number of imidazole rings is 1. The third-order valence-corrected chi connectivity index (χ3v) is 6.41. The highest BCUT2D eigenvalue weighted by Gasteiger charge is 2.29. The van der Waals surface area contributed by atoms with E-state index in [-0.39, 0.29) is 0 Å².